The van der Waals surface area contributed by atoms with E-state index < -0.39 is 27.6 Å². The molecule has 2 saturated heterocycles. The number of ketones is 1. The minimum atomic E-state index is -3.72. The van der Waals surface area contributed by atoms with Crippen molar-refractivity contribution in [2.24, 2.45) is 5.92 Å². The van der Waals surface area contributed by atoms with Gasteiger partial charge in [-0.3, -0.25) is 9.69 Å². The molecule has 26 nitrogen and oxygen atoms in total. The van der Waals surface area contributed by atoms with Gasteiger partial charge in [0.15, 0.2) is 0 Å². The number of carbonyl (C=O) groups excluding carboxylic acids is 3. The zero-order valence-electron chi connectivity index (χ0n) is 58.5. The van der Waals surface area contributed by atoms with E-state index in [0.717, 1.165) is 88.6 Å². The molecule has 0 spiro atoms. The summed E-state index contributed by atoms with van der Waals surface area (Å²) >= 11 is 0. The molecule has 6 aromatic carbocycles. The van der Waals surface area contributed by atoms with Gasteiger partial charge in [-0.25, -0.2) is 22.7 Å². The number of carbonyl (C=O) groups is 3. The molecule has 534 valence electrons. The third-order valence-electron chi connectivity index (χ3n) is 18.3. The largest absolute Gasteiger partial charge is 0.513 e. The molecule has 2 fully saturated rings. The Hall–Kier alpha value is -11.7. The number of benzene rings is 6. The van der Waals surface area contributed by atoms with E-state index in [1.807, 2.05) is 90.1 Å². The van der Waals surface area contributed by atoms with Crippen LogP contribution in [0, 0.1) is 39.9 Å². The lowest BCUT2D eigenvalue weighted by atomic mass is 9.95. The smallest absolute Gasteiger partial charge is 0.410 e. The second kappa shape index (κ2) is 31.3. The van der Waals surface area contributed by atoms with E-state index in [9.17, 15) is 43.7 Å². The van der Waals surface area contributed by atoms with Gasteiger partial charge in [0.2, 0.25) is 27.5 Å². The Morgan fingerprint density at radius 2 is 1.01 bits per heavy atom. The molecule has 0 radical (unpaired) electrons. The average Bonchev–Trinajstić information content (AvgIpc) is 1.63. The second-order valence-electron chi connectivity index (χ2n) is 26.7. The fourth-order valence-electron chi connectivity index (χ4n) is 13.7. The van der Waals surface area contributed by atoms with Gasteiger partial charge in [-0.05, 0) is 188 Å². The molecular weight excluding hydrogens is 1350 g/mol. The third kappa shape index (κ3) is 16.1. The maximum atomic E-state index is 12.9. The van der Waals surface area contributed by atoms with Gasteiger partial charge < -0.3 is 47.8 Å². The number of aromatic nitrogens is 6. The first-order chi connectivity index (χ1) is 50.0. The number of Topliss-reactive ketones (excluding diaryl/α,β-unsaturated/α-hetero) is 1. The topological polar surface area (TPSA) is 361 Å². The summed E-state index contributed by atoms with van der Waals surface area (Å²) in [6, 6.07) is 38.9. The normalized spacial score (nSPS) is 16.6. The molecule has 14 rings (SSSR count). The molecule has 3 atom stereocenters. The summed E-state index contributed by atoms with van der Waals surface area (Å²) in [6.07, 6.45) is 5.47. The van der Waals surface area contributed by atoms with Gasteiger partial charge >= 0.3 is 12.1 Å². The van der Waals surface area contributed by atoms with Crippen molar-refractivity contribution in [1.29, 1.82) is 15.8 Å². The van der Waals surface area contributed by atoms with Crippen LogP contribution in [0.25, 0.3) is 68.5 Å². The van der Waals surface area contributed by atoms with E-state index >= 15 is 0 Å². The Labute approximate surface area is 601 Å². The third-order valence-corrected chi connectivity index (χ3v) is 19.8. The fraction of sp³-hybridized carbons (Fsp3) is 0.351. The van der Waals surface area contributed by atoms with Crippen molar-refractivity contribution in [3.8, 4) is 104 Å². The summed E-state index contributed by atoms with van der Waals surface area (Å²) in [5.74, 6) is 3.09. The summed E-state index contributed by atoms with van der Waals surface area (Å²) in [5, 5.41) is 53.9. The molecule has 27 heteroatoms. The lowest BCUT2D eigenvalue weighted by Crippen LogP contribution is -2.45. The second-order valence-corrected chi connectivity index (χ2v) is 28.4. The summed E-state index contributed by atoms with van der Waals surface area (Å²) in [4.78, 5) is 53.6. The highest BCUT2D eigenvalue weighted by molar-refractivity contribution is 7.90. The van der Waals surface area contributed by atoms with Crippen LogP contribution in [0.2, 0.25) is 0 Å². The Morgan fingerprint density at radius 1 is 0.596 bits per heavy atom. The van der Waals surface area contributed by atoms with Gasteiger partial charge in [-0.1, -0.05) is 76.6 Å². The first-order valence-electron chi connectivity index (χ1n) is 34.4. The molecule has 0 bridgehead atoms. The van der Waals surface area contributed by atoms with Crippen LogP contribution in [0.4, 0.5) is 9.59 Å². The lowest BCUT2D eigenvalue weighted by molar-refractivity contribution is -0.114. The highest BCUT2D eigenvalue weighted by Crippen LogP contribution is 2.44. The number of ether oxygens (including phenoxy) is 4. The molecule has 5 aliphatic rings. The van der Waals surface area contributed by atoms with Crippen molar-refractivity contribution < 1.29 is 60.4 Å². The number of aliphatic hydroxyl groups excluding tert-OH is 1. The molecule has 9 aromatic rings. The van der Waals surface area contributed by atoms with Gasteiger partial charge in [-0.15, -0.1) is 0 Å². The van der Waals surface area contributed by atoms with Gasteiger partial charge in [0, 0.05) is 58.4 Å². The van der Waals surface area contributed by atoms with Crippen molar-refractivity contribution in [1.82, 2.24) is 50.3 Å². The standard InChI is InChI=1S/C29H31N5O4.C24H24N4O5S.C24H22N4O4/c1-17(2)37-26-10-7-20(15-21(26)16-30)28-32-27(33-38-28)24-6-4-5-23-22(24)8-9-25(23)31-29(36)34-13-11-19(12-14-34)18(3)35;1-14(2)32-22-10-7-16(11-17(22)12-25)24-26-23(27-33-24)20-6-4-5-19-18(20)8-9-21(19)28-34(30,31)13-15(3)29;1-14(2)31-21-9-6-15(12-16(21)13-25)23-26-22(27-32-23)19-5-3-4-18-17(19)7-8-20(18)28-10-11-30-24(28)29/h4-7,10,15,17,19,25,35H,3,8-9,11-14H2,1-2H3,(H,31,36);4-7,10-11,14,21,28H,8-9,13H2,1-3H3;3-6,9,12,14,20H,7-8,10-11H2,1-2H3/t25-;21-;20-/m000/s1. The number of fused-ring (bicyclic) bond motifs is 3. The monoisotopic (exact) mass is 1420 g/mol. The Kier molecular flexibility index (Phi) is 21.7. The average molecular weight is 1420 g/mol. The number of cyclic esters (lactones) is 1. The fourth-order valence-corrected chi connectivity index (χ4v) is 15.0. The van der Waals surface area contributed by atoms with Gasteiger partial charge in [0.25, 0.3) is 17.7 Å². The number of allylic oxidation sites excluding steroid dienone is 1. The maximum absolute atomic E-state index is 12.9. The van der Waals surface area contributed by atoms with Crippen LogP contribution in [-0.4, -0.2) is 122 Å². The van der Waals surface area contributed by atoms with E-state index in [1.54, 1.807) is 64.4 Å². The van der Waals surface area contributed by atoms with Crippen LogP contribution in [0.3, 0.4) is 0 Å². The van der Waals surface area contributed by atoms with E-state index in [1.165, 1.54) is 6.92 Å². The number of aliphatic hydroxyl groups is 1. The van der Waals surface area contributed by atoms with Crippen LogP contribution < -0.4 is 24.2 Å². The summed E-state index contributed by atoms with van der Waals surface area (Å²) in [6.45, 7) is 18.5. The number of likely N-dealkylation sites (tertiary alicyclic amines) is 1. The van der Waals surface area contributed by atoms with E-state index in [2.05, 4.69) is 71.3 Å². The van der Waals surface area contributed by atoms with E-state index in [4.69, 9.17) is 32.5 Å². The highest BCUT2D eigenvalue weighted by Gasteiger charge is 2.38. The number of urea groups is 1. The molecule has 5 heterocycles. The van der Waals surface area contributed by atoms with Gasteiger partial charge in [-0.2, -0.15) is 30.7 Å². The van der Waals surface area contributed by atoms with Crippen molar-refractivity contribution >= 4 is 27.9 Å². The molecule has 104 heavy (non-hydrogen) atoms. The molecule has 3 amide bonds. The van der Waals surface area contributed by atoms with Crippen LogP contribution >= 0.6 is 0 Å². The number of nitrogens with one attached hydrogen (secondary N) is 2. The Bertz CT molecular complexity index is 4990. The molecular formula is C77H77N13O13S. The quantitative estimate of drug-likeness (QED) is 0.0633. The van der Waals surface area contributed by atoms with Crippen LogP contribution in [-0.2, 0) is 38.8 Å². The first kappa shape index (κ1) is 72.1. The zero-order chi connectivity index (χ0) is 73.5. The van der Waals surface area contributed by atoms with E-state index in [-0.39, 0.29) is 60.1 Å². The van der Waals surface area contributed by atoms with E-state index in [0.29, 0.717) is 119 Å². The van der Waals surface area contributed by atoms with Crippen LogP contribution in [0.1, 0.15) is 149 Å². The number of piperidine rings is 1. The van der Waals surface area contributed by atoms with Crippen molar-refractivity contribution in [2.45, 2.75) is 136 Å². The molecule has 3 aliphatic carbocycles. The molecule has 0 unspecified atom stereocenters. The summed E-state index contributed by atoms with van der Waals surface area (Å²) in [7, 11) is -3.72. The Morgan fingerprint density at radius 3 is 1.41 bits per heavy atom. The van der Waals surface area contributed by atoms with Crippen molar-refractivity contribution in [3.05, 3.63) is 172 Å². The molecule has 2 aliphatic heterocycles. The van der Waals surface area contributed by atoms with Crippen molar-refractivity contribution in [3.63, 3.8) is 0 Å². The van der Waals surface area contributed by atoms with Gasteiger partial charge in [0.05, 0.1) is 59.4 Å². The number of rotatable bonds is 19. The SMILES string of the molecule is C=C(O)C1CCN(C(=O)N[C@H]2CCc3c(-c4noc(-c5ccc(OC(C)C)c(C#N)c5)n4)cccc32)CC1.CC(=O)CS(=O)(=O)N[C@H]1CCc2c(-c3noc(-c4ccc(OC(C)C)c(C#N)c4)n3)cccc21.CC(C)Oc1ccc(-c2nc(-c3cccc4c3CC[C@@H]4N3CCOC3=O)no2)cc1C#N. The number of nitriles is 3. The predicted octanol–water partition coefficient (Wildman–Crippen LogP) is 13.6. The minimum Gasteiger partial charge on any atom is -0.513 e. The summed E-state index contributed by atoms with van der Waals surface area (Å²) in [5.41, 5.74) is 11.7. The number of nitrogens with zero attached hydrogens (tertiary/aromatic N) is 11. The first-order valence-corrected chi connectivity index (χ1v) is 36.1. The van der Waals surface area contributed by atoms with Crippen LogP contribution in [0.5, 0.6) is 17.2 Å². The summed E-state index contributed by atoms with van der Waals surface area (Å²) < 4.78 is 65.9. The number of hydrogen-bond acceptors (Lipinski definition) is 22. The zero-order valence-corrected chi connectivity index (χ0v) is 59.3. The maximum Gasteiger partial charge on any atom is 0.410 e. The number of sulfonamides is 1. The number of hydrogen-bond donors (Lipinski definition) is 3. The van der Waals surface area contributed by atoms with Crippen LogP contribution in [0.15, 0.2) is 135 Å². The predicted molar refractivity (Wildman–Crippen MR) is 380 cm³/mol. The van der Waals surface area contributed by atoms with Gasteiger partial charge in [0.1, 0.15) is 53.6 Å². The highest BCUT2D eigenvalue weighted by atomic mass is 32.2. The minimum absolute atomic E-state index is 0.0120. The number of amides is 3. The molecule has 0 saturated carbocycles. The molecule has 3 N–H and O–H groups in total. The lowest BCUT2D eigenvalue weighted by Gasteiger charge is -2.32. The molecule has 3 aromatic heterocycles. The van der Waals surface area contributed by atoms with Crippen molar-refractivity contribution in [2.75, 3.05) is 32.0 Å². The Balaban J connectivity index is 0.000000147.